The van der Waals surface area contributed by atoms with Crippen LogP contribution >= 0.6 is 0 Å². The summed E-state index contributed by atoms with van der Waals surface area (Å²) in [6.45, 7) is -0.206. The van der Waals surface area contributed by atoms with Crippen LogP contribution in [-0.4, -0.2) is 95.1 Å². The van der Waals surface area contributed by atoms with E-state index in [2.05, 4.69) is 5.32 Å². The Balaban J connectivity index is 1.77. The summed E-state index contributed by atoms with van der Waals surface area (Å²) in [6.07, 6.45) is -0.172. The van der Waals surface area contributed by atoms with E-state index in [0.29, 0.717) is 16.8 Å². The first-order chi connectivity index (χ1) is 20.2. The van der Waals surface area contributed by atoms with Gasteiger partial charge in [-0.05, 0) is 56.8 Å². The van der Waals surface area contributed by atoms with E-state index < -0.39 is 63.4 Å². The number of fused-ring (bicyclic) bond motifs is 3. The molecule has 0 fully saturated rings. The number of carbonyl (C=O) groups is 4. The van der Waals surface area contributed by atoms with Crippen LogP contribution in [0, 0.1) is 11.3 Å². The molecule has 5 rings (SSSR count). The molecule has 4 atom stereocenters. The van der Waals surface area contributed by atoms with Gasteiger partial charge in [0.2, 0.25) is 5.78 Å². The van der Waals surface area contributed by atoms with E-state index in [1.807, 2.05) is 0 Å². The Morgan fingerprint density at radius 3 is 2.26 bits per heavy atom. The zero-order valence-electron chi connectivity index (χ0n) is 24.2. The normalized spacial score (nSPS) is 26.6. The van der Waals surface area contributed by atoms with Gasteiger partial charge >= 0.3 is 0 Å². The summed E-state index contributed by atoms with van der Waals surface area (Å²) in [7, 11) is 6.64. The molecular formula is C31H34N4O8. The number of anilines is 1. The number of hydrogen-bond acceptors (Lipinski definition) is 10. The van der Waals surface area contributed by atoms with Crippen molar-refractivity contribution in [2.45, 2.75) is 24.5 Å². The third kappa shape index (κ3) is 4.28. The minimum absolute atomic E-state index is 0.0124. The molecule has 0 spiro atoms. The molecule has 7 N–H and O–H groups in total. The molecule has 226 valence electrons. The highest BCUT2D eigenvalue weighted by atomic mass is 16.3. The molecule has 12 nitrogen and oxygen atoms in total. The Hall–Kier alpha value is -4.68. The van der Waals surface area contributed by atoms with Gasteiger partial charge in [0.25, 0.3) is 11.8 Å². The number of phenolic OH excluding ortho intramolecular Hbond substituents is 1. The molecule has 2 aromatic rings. The van der Waals surface area contributed by atoms with Crippen LogP contribution in [0.15, 0.2) is 65.1 Å². The highest BCUT2D eigenvalue weighted by Crippen LogP contribution is 2.58. The summed E-state index contributed by atoms with van der Waals surface area (Å²) in [5, 5.41) is 48.7. The lowest BCUT2D eigenvalue weighted by Crippen LogP contribution is -2.66. The maximum atomic E-state index is 14.3. The number of likely N-dealkylation sites (N-methyl/N-ethyl adjacent to an activating group) is 1. The Kier molecular flexibility index (Phi) is 7.10. The smallest absolute Gasteiger partial charge is 0.255 e. The Morgan fingerprint density at radius 1 is 1.02 bits per heavy atom. The Labute approximate surface area is 247 Å². The average Bonchev–Trinajstić information content (AvgIpc) is 2.93. The average molecular weight is 591 g/mol. The standard InChI is InChI=1S/C31H34N4O8/c1-34(2)18-10-11-19(36)20-16(18)12-30(14-33-29(42)15-8-6-5-7-9-15)13-17-23(35(3)4)25(38)21(28(32)41)26(39)31(17,43)27(40)22(30)24(20)37/h5-11,17,23,36,38,40,43H,12-14H2,1-4H3,(H2,32,41)(H,33,42)/t17-,23-,30-,31+/m0/s1. The van der Waals surface area contributed by atoms with Gasteiger partial charge in [-0.25, -0.2) is 0 Å². The Bertz CT molecular complexity index is 1630. The maximum absolute atomic E-state index is 14.3. The molecule has 43 heavy (non-hydrogen) atoms. The van der Waals surface area contributed by atoms with Gasteiger partial charge in [-0.15, -0.1) is 0 Å². The minimum Gasteiger partial charge on any atom is -0.510 e. The number of aliphatic hydroxyl groups is 3. The molecule has 2 aromatic carbocycles. The van der Waals surface area contributed by atoms with Crippen LogP contribution in [0.5, 0.6) is 5.75 Å². The summed E-state index contributed by atoms with van der Waals surface area (Å²) < 4.78 is 0. The van der Waals surface area contributed by atoms with Gasteiger partial charge in [-0.3, -0.25) is 24.1 Å². The SMILES string of the molecule is CN(C)c1ccc(O)c2c1C[C@@]1(CNC(=O)c3ccccc3)C[C@H]3[C@H](N(C)C)C(O)=C(C(N)=O)C(=O)[C@@]3(O)C(O)=C1C2=O. The highest BCUT2D eigenvalue weighted by molar-refractivity contribution is 6.25. The largest absolute Gasteiger partial charge is 0.510 e. The molecule has 0 saturated carbocycles. The number of nitrogens with zero attached hydrogens (tertiary/aromatic N) is 2. The molecule has 0 radical (unpaired) electrons. The van der Waals surface area contributed by atoms with Crippen LogP contribution in [0.3, 0.4) is 0 Å². The lowest BCUT2D eigenvalue weighted by molar-refractivity contribution is -0.150. The van der Waals surface area contributed by atoms with Crippen molar-refractivity contribution in [2.75, 3.05) is 39.6 Å². The molecule has 3 aliphatic carbocycles. The number of aliphatic hydroxyl groups excluding tert-OH is 2. The number of nitrogens with two attached hydrogens (primary N) is 1. The zero-order chi connectivity index (χ0) is 31.6. The molecule has 0 bridgehead atoms. The second-order valence-corrected chi connectivity index (χ2v) is 11.8. The first-order valence-electron chi connectivity index (χ1n) is 13.7. The first kappa shape index (κ1) is 29.8. The fourth-order valence-corrected chi connectivity index (χ4v) is 7.00. The third-order valence-electron chi connectivity index (χ3n) is 8.91. The van der Waals surface area contributed by atoms with Crippen molar-refractivity contribution in [2.24, 2.45) is 17.1 Å². The summed E-state index contributed by atoms with van der Waals surface area (Å²) in [6, 6.07) is 10.2. The molecule has 3 aliphatic rings. The van der Waals surface area contributed by atoms with Crippen molar-refractivity contribution in [3.63, 3.8) is 0 Å². The zero-order valence-corrected chi connectivity index (χ0v) is 24.2. The monoisotopic (exact) mass is 590 g/mol. The number of primary amides is 1. The van der Waals surface area contributed by atoms with Crippen molar-refractivity contribution in [3.05, 3.63) is 81.8 Å². The van der Waals surface area contributed by atoms with Gasteiger partial charge in [-0.1, -0.05) is 18.2 Å². The maximum Gasteiger partial charge on any atom is 0.255 e. The summed E-state index contributed by atoms with van der Waals surface area (Å²) >= 11 is 0. The van der Waals surface area contributed by atoms with Gasteiger partial charge in [0.05, 0.1) is 11.6 Å². The molecule has 0 aromatic heterocycles. The fourth-order valence-electron chi connectivity index (χ4n) is 7.00. The highest BCUT2D eigenvalue weighted by Gasteiger charge is 2.66. The molecule has 0 heterocycles. The summed E-state index contributed by atoms with van der Waals surface area (Å²) in [5.41, 5.74) is 1.26. The van der Waals surface area contributed by atoms with E-state index in [9.17, 15) is 39.6 Å². The van der Waals surface area contributed by atoms with Crippen LogP contribution in [0.2, 0.25) is 0 Å². The van der Waals surface area contributed by atoms with Crippen LogP contribution in [0.25, 0.3) is 0 Å². The van der Waals surface area contributed by atoms with E-state index in [-0.39, 0.29) is 36.3 Å². The molecular weight excluding hydrogens is 556 g/mol. The van der Waals surface area contributed by atoms with Gasteiger partial charge in [0.15, 0.2) is 11.4 Å². The lowest BCUT2D eigenvalue weighted by Gasteiger charge is -2.54. The van der Waals surface area contributed by atoms with E-state index in [4.69, 9.17) is 5.73 Å². The molecule has 0 unspecified atom stereocenters. The second kappa shape index (κ2) is 10.2. The van der Waals surface area contributed by atoms with Crippen LogP contribution in [-0.2, 0) is 16.0 Å². The van der Waals surface area contributed by atoms with Crippen molar-refractivity contribution in [1.82, 2.24) is 10.2 Å². The van der Waals surface area contributed by atoms with E-state index >= 15 is 0 Å². The predicted octanol–water partition coefficient (Wildman–Crippen LogP) is 0.987. The Morgan fingerprint density at radius 2 is 1.67 bits per heavy atom. The lowest BCUT2D eigenvalue weighted by atomic mass is 9.52. The number of carbonyl (C=O) groups excluding carboxylic acids is 4. The van der Waals surface area contributed by atoms with Crippen molar-refractivity contribution in [3.8, 4) is 5.75 Å². The number of nitrogens with one attached hydrogen (secondary N) is 1. The number of benzene rings is 2. The van der Waals surface area contributed by atoms with E-state index in [1.165, 1.54) is 11.0 Å². The van der Waals surface area contributed by atoms with Crippen LogP contribution in [0.1, 0.15) is 32.7 Å². The molecule has 0 aliphatic heterocycles. The third-order valence-corrected chi connectivity index (χ3v) is 8.91. The number of aromatic hydroxyl groups is 1. The number of rotatable bonds is 6. The van der Waals surface area contributed by atoms with Gasteiger partial charge in [0, 0.05) is 48.8 Å². The first-order valence-corrected chi connectivity index (χ1v) is 13.7. The minimum atomic E-state index is -2.81. The number of hydrogen-bond donors (Lipinski definition) is 6. The number of Topliss-reactive ketones (excluding diaryl/α,β-unsaturated/α-hetero) is 2. The second-order valence-electron chi connectivity index (χ2n) is 11.8. The number of phenols is 1. The predicted molar refractivity (Wildman–Crippen MR) is 156 cm³/mol. The number of amides is 2. The van der Waals surface area contributed by atoms with Crippen LogP contribution < -0.4 is 16.0 Å². The van der Waals surface area contributed by atoms with Crippen molar-refractivity contribution in [1.29, 1.82) is 0 Å². The van der Waals surface area contributed by atoms with Gasteiger partial charge in [0.1, 0.15) is 22.8 Å². The van der Waals surface area contributed by atoms with Crippen LogP contribution in [0.4, 0.5) is 5.69 Å². The summed E-state index contributed by atoms with van der Waals surface area (Å²) in [4.78, 5) is 56.7. The van der Waals surface area contributed by atoms with E-state index in [1.54, 1.807) is 69.5 Å². The quantitative estimate of drug-likeness (QED) is 0.264. The van der Waals surface area contributed by atoms with Crippen molar-refractivity contribution < 1.29 is 39.6 Å². The number of ketones is 2. The molecule has 0 saturated heterocycles. The van der Waals surface area contributed by atoms with Gasteiger partial charge < -0.3 is 36.4 Å². The molecule has 12 heteroatoms. The fraction of sp³-hybridized carbons (Fsp3) is 0.355. The summed E-state index contributed by atoms with van der Waals surface area (Å²) in [5.74, 6) is -7.24. The van der Waals surface area contributed by atoms with Crippen molar-refractivity contribution >= 4 is 29.1 Å². The van der Waals surface area contributed by atoms with Gasteiger partial charge in [-0.2, -0.15) is 0 Å². The van der Waals surface area contributed by atoms with E-state index in [0.717, 1.165) is 0 Å². The topological polar surface area (TPSA) is 194 Å². The molecule has 2 amide bonds.